The van der Waals surface area contributed by atoms with Crippen LogP contribution in [0.25, 0.3) is 0 Å². The SMILES string of the molecule is Cc1ccc(C(=O)N[C@@H](C(=O)NCc2ccco2)C2CCN(C(=O)C(C)C)CC2)cc1. The smallest absolute Gasteiger partial charge is 0.251 e. The minimum Gasteiger partial charge on any atom is -0.467 e. The van der Waals surface area contributed by atoms with Crippen molar-refractivity contribution < 1.29 is 18.8 Å². The molecule has 2 aromatic rings. The molecule has 31 heavy (non-hydrogen) atoms. The number of benzene rings is 1. The molecule has 7 heteroatoms. The first kappa shape index (κ1) is 22.6. The Bertz CT molecular complexity index is 882. The number of rotatable bonds is 7. The molecule has 1 aromatic carbocycles. The zero-order chi connectivity index (χ0) is 22.4. The minimum atomic E-state index is -0.680. The van der Waals surface area contributed by atoms with Crippen molar-refractivity contribution in [2.24, 2.45) is 11.8 Å². The zero-order valence-electron chi connectivity index (χ0n) is 18.4. The molecule has 0 bridgehead atoms. The summed E-state index contributed by atoms with van der Waals surface area (Å²) >= 11 is 0. The van der Waals surface area contributed by atoms with Crippen molar-refractivity contribution in [3.63, 3.8) is 0 Å². The molecular weight excluding hydrogens is 394 g/mol. The quantitative estimate of drug-likeness (QED) is 0.714. The Labute approximate surface area is 183 Å². The maximum atomic E-state index is 13.0. The number of aryl methyl sites for hydroxylation is 1. The minimum absolute atomic E-state index is 0.0508. The van der Waals surface area contributed by atoms with E-state index in [4.69, 9.17) is 4.42 Å². The molecule has 0 aliphatic carbocycles. The van der Waals surface area contributed by atoms with Gasteiger partial charge >= 0.3 is 0 Å². The van der Waals surface area contributed by atoms with Gasteiger partial charge in [-0.3, -0.25) is 14.4 Å². The van der Waals surface area contributed by atoms with E-state index >= 15 is 0 Å². The average molecular weight is 426 g/mol. The molecule has 1 aliphatic heterocycles. The topological polar surface area (TPSA) is 91.7 Å². The lowest BCUT2D eigenvalue weighted by atomic mass is 9.88. The van der Waals surface area contributed by atoms with Crippen LogP contribution in [0.2, 0.25) is 0 Å². The fourth-order valence-electron chi connectivity index (χ4n) is 3.84. The fraction of sp³-hybridized carbons (Fsp3) is 0.458. The summed E-state index contributed by atoms with van der Waals surface area (Å²) in [5, 5.41) is 5.81. The normalized spacial score (nSPS) is 15.5. The third kappa shape index (κ3) is 5.96. The summed E-state index contributed by atoms with van der Waals surface area (Å²) in [5.74, 6) is 0.145. The number of carbonyl (C=O) groups is 3. The molecule has 0 radical (unpaired) electrons. The van der Waals surface area contributed by atoms with Crippen LogP contribution in [-0.2, 0) is 16.1 Å². The summed E-state index contributed by atoms with van der Waals surface area (Å²) in [6.45, 7) is 7.17. The van der Waals surface area contributed by atoms with Gasteiger partial charge in [-0.2, -0.15) is 0 Å². The van der Waals surface area contributed by atoms with Crippen LogP contribution in [0.5, 0.6) is 0 Å². The van der Waals surface area contributed by atoms with Crippen LogP contribution < -0.4 is 10.6 Å². The molecule has 3 amide bonds. The van der Waals surface area contributed by atoms with Gasteiger partial charge in [0.15, 0.2) is 0 Å². The lowest BCUT2D eigenvalue weighted by Crippen LogP contribution is -2.54. The first-order valence-corrected chi connectivity index (χ1v) is 10.8. The number of furan rings is 1. The van der Waals surface area contributed by atoms with Crippen LogP contribution in [-0.4, -0.2) is 41.8 Å². The highest BCUT2D eigenvalue weighted by atomic mass is 16.3. The second-order valence-corrected chi connectivity index (χ2v) is 8.43. The van der Waals surface area contributed by atoms with E-state index in [1.807, 2.05) is 37.8 Å². The second kappa shape index (κ2) is 10.3. The highest BCUT2D eigenvalue weighted by Gasteiger charge is 2.34. The van der Waals surface area contributed by atoms with E-state index in [1.165, 1.54) is 0 Å². The third-order valence-electron chi connectivity index (χ3n) is 5.72. The van der Waals surface area contributed by atoms with E-state index < -0.39 is 6.04 Å². The molecule has 2 N–H and O–H groups in total. The molecule has 7 nitrogen and oxygen atoms in total. The third-order valence-corrected chi connectivity index (χ3v) is 5.72. The van der Waals surface area contributed by atoms with E-state index in [0.29, 0.717) is 37.3 Å². The Hall–Kier alpha value is -3.09. The second-order valence-electron chi connectivity index (χ2n) is 8.43. The maximum absolute atomic E-state index is 13.0. The molecule has 0 unspecified atom stereocenters. The Morgan fingerprint density at radius 1 is 1.10 bits per heavy atom. The van der Waals surface area contributed by atoms with Gasteiger partial charge in [0.05, 0.1) is 12.8 Å². The zero-order valence-corrected chi connectivity index (χ0v) is 18.4. The average Bonchev–Trinajstić information content (AvgIpc) is 3.29. The predicted molar refractivity (Wildman–Crippen MR) is 117 cm³/mol. The molecule has 1 fully saturated rings. The Balaban J connectivity index is 1.69. The van der Waals surface area contributed by atoms with Gasteiger partial charge in [0, 0.05) is 24.6 Å². The first-order valence-electron chi connectivity index (χ1n) is 10.8. The number of hydrogen-bond acceptors (Lipinski definition) is 4. The van der Waals surface area contributed by atoms with E-state index in [-0.39, 0.29) is 36.1 Å². The van der Waals surface area contributed by atoms with Crippen molar-refractivity contribution in [1.82, 2.24) is 15.5 Å². The first-order chi connectivity index (χ1) is 14.8. The van der Waals surface area contributed by atoms with Crippen molar-refractivity contribution in [2.75, 3.05) is 13.1 Å². The lowest BCUT2D eigenvalue weighted by molar-refractivity contribution is -0.136. The van der Waals surface area contributed by atoms with E-state index in [1.54, 1.807) is 30.5 Å². The van der Waals surface area contributed by atoms with Crippen molar-refractivity contribution in [3.8, 4) is 0 Å². The maximum Gasteiger partial charge on any atom is 0.251 e. The number of nitrogens with zero attached hydrogens (tertiary/aromatic N) is 1. The number of piperidine rings is 1. The molecule has 166 valence electrons. The summed E-state index contributed by atoms with van der Waals surface area (Å²) in [7, 11) is 0. The van der Waals surface area contributed by atoms with Crippen LogP contribution >= 0.6 is 0 Å². The van der Waals surface area contributed by atoms with Crippen LogP contribution in [0, 0.1) is 18.8 Å². The van der Waals surface area contributed by atoms with Gasteiger partial charge in [0.2, 0.25) is 11.8 Å². The highest BCUT2D eigenvalue weighted by molar-refractivity contribution is 5.97. The molecule has 1 atom stereocenters. The van der Waals surface area contributed by atoms with Gasteiger partial charge in [-0.25, -0.2) is 0 Å². The van der Waals surface area contributed by atoms with Crippen molar-refractivity contribution in [1.29, 1.82) is 0 Å². The summed E-state index contributed by atoms with van der Waals surface area (Å²) in [4.78, 5) is 40.0. The molecule has 0 spiro atoms. The standard InChI is InChI=1S/C24H31N3O4/c1-16(2)24(30)27-12-10-18(11-13-27)21(23(29)25-15-20-5-4-14-31-20)26-22(28)19-8-6-17(3)7-9-19/h4-9,14,16,18,21H,10-13,15H2,1-3H3,(H,25,29)(H,26,28)/t21-/m1/s1. The number of nitrogens with one attached hydrogen (secondary N) is 2. The summed E-state index contributed by atoms with van der Waals surface area (Å²) in [6.07, 6.45) is 2.87. The number of amides is 3. The van der Waals surface area contributed by atoms with Gasteiger partial charge < -0.3 is 20.0 Å². The Kier molecular flexibility index (Phi) is 7.50. The summed E-state index contributed by atoms with van der Waals surface area (Å²) in [6, 6.07) is 10.1. The molecule has 1 aliphatic rings. The monoisotopic (exact) mass is 425 g/mol. The molecule has 1 saturated heterocycles. The van der Waals surface area contributed by atoms with Crippen LogP contribution in [0.15, 0.2) is 47.1 Å². The van der Waals surface area contributed by atoms with E-state index in [2.05, 4.69) is 10.6 Å². The number of hydrogen-bond donors (Lipinski definition) is 2. The summed E-state index contributed by atoms with van der Waals surface area (Å²) < 4.78 is 5.29. The van der Waals surface area contributed by atoms with Crippen LogP contribution in [0.4, 0.5) is 0 Å². The van der Waals surface area contributed by atoms with Crippen LogP contribution in [0.3, 0.4) is 0 Å². The molecular formula is C24H31N3O4. The van der Waals surface area contributed by atoms with Gasteiger partial charge in [0.25, 0.3) is 5.91 Å². The van der Waals surface area contributed by atoms with Crippen LogP contribution in [0.1, 0.15) is 48.4 Å². The Morgan fingerprint density at radius 2 is 1.77 bits per heavy atom. The van der Waals surface area contributed by atoms with E-state index in [0.717, 1.165) is 5.56 Å². The Morgan fingerprint density at radius 3 is 2.35 bits per heavy atom. The fourth-order valence-corrected chi connectivity index (χ4v) is 3.84. The largest absolute Gasteiger partial charge is 0.467 e. The molecule has 1 aromatic heterocycles. The van der Waals surface area contributed by atoms with Crippen molar-refractivity contribution in [3.05, 3.63) is 59.5 Å². The van der Waals surface area contributed by atoms with Gasteiger partial charge in [-0.05, 0) is 49.9 Å². The van der Waals surface area contributed by atoms with Gasteiger partial charge in [0.1, 0.15) is 11.8 Å². The van der Waals surface area contributed by atoms with Gasteiger partial charge in [-0.1, -0.05) is 31.5 Å². The van der Waals surface area contributed by atoms with Crippen molar-refractivity contribution >= 4 is 17.7 Å². The number of carbonyl (C=O) groups excluding carboxylic acids is 3. The molecule has 3 rings (SSSR count). The number of likely N-dealkylation sites (tertiary alicyclic amines) is 1. The molecule has 2 heterocycles. The van der Waals surface area contributed by atoms with Gasteiger partial charge in [-0.15, -0.1) is 0 Å². The highest BCUT2D eigenvalue weighted by Crippen LogP contribution is 2.23. The molecule has 0 saturated carbocycles. The van der Waals surface area contributed by atoms with Crippen molar-refractivity contribution in [2.45, 2.75) is 46.2 Å². The van der Waals surface area contributed by atoms with E-state index in [9.17, 15) is 14.4 Å². The summed E-state index contributed by atoms with van der Waals surface area (Å²) in [5.41, 5.74) is 1.58. The predicted octanol–water partition coefficient (Wildman–Crippen LogP) is 2.90. The lowest BCUT2D eigenvalue weighted by Gasteiger charge is -2.36.